The molecule has 32 heavy (non-hydrogen) atoms. The van der Waals surface area contributed by atoms with E-state index in [4.69, 9.17) is 0 Å². The van der Waals surface area contributed by atoms with Crippen LogP contribution in [0.3, 0.4) is 0 Å². The molecule has 7 heteroatoms. The number of nitrogens with zero attached hydrogens (tertiary/aromatic N) is 5. The molecule has 3 aromatic rings. The summed E-state index contributed by atoms with van der Waals surface area (Å²) in [5.41, 5.74) is 0.731. The Bertz CT molecular complexity index is 1110. The van der Waals surface area contributed by atoms with E-state index in [-0.39, 0.29) is 17.7 Å². The van der Waals surface area contributed by atoms with Crippen molar-refractivity contribution < 1.29 is 9.59 Å². The number of amides is 2. The summed E-state index contributed by atoms with van der Waals surface area (Å²) in [6.45, 7) is 3.86. The van der Waals surface area contributed by atoms with Crippen LogP contribution in [0, 0.1) is 5.92 Å². The van der Waals surface area contributed by atoms with Crippen LogP contribution in [0.5, 0.6) is 0 Å². The average molecular weight is 430 g/mol. The number of fused-ring (bicyclic) bond motifs is 1. The van der Waals surface area contributed by atoms with Gasteiger partial charge in [-0.05, 0) is 29.7 Å². The summed E-state index contributed by atoms with van der Waals surface area (Å²) in [5, 5.41) is 2.04. The molecule has 0 radical (unpaired) electrons. The fourth-order valence-corrected chi connectivity index (χ4v) is 4.81. The molecule has 2 fully saturated rings. The van der Waals surface area contributed by atoms with Gasteiger partial charge in [0.15, 0.2) is 0 Å². The average Bonchev–Trinajstić information content (AvgIpc) is 2.88. The maximum atomic E-state index is 13.2. The Hall–Kier alpha value is -3.48. The summed E-state index contributed by atoms with van der Waals surface area (Å²) in [7, 11) is 0. The first-order valence-corrected chi connectivity index (χ1v) is 11.3. The van der Waals surface area contributed by atoms with Crippen molar-refractivity contribution >= 4 is 28.4 Å². The molecule has 164 valence electrons. The van der Waals surface area contributed by atoms with Crippen molar-refractivity contribution in [3.8, 4) is 0 Å². The van der Waals surface area contributed by atoms with Gasteiger partial charge in [0.1, 0.15) is 5.82 Å². The van der Waals surface area contributed by atoms with E-state index >= 15 is 0 Å². The normalized spacial score (nSPS) is 19.2. The highest BCUT2D eigenvalue weighted by Gasteiger charge is 2.32. The molecule has 1 atom stereocenters. The Labute approximate surface area is 187 Å². The number of piperazine rings is 1. The van der Waals surface area contributed by atoms with Crippen LogP contribution < -0.4 is 4.90 Å². The van der Waals surface area contributed by atoms with Gasteiger partial charge in [0.25, 0.3) is 5.91 Å². The number of piperidine rings is 1. The molecule has 0 saturated carbocycles. The maximum Gasteiger partial charge on any atom is 0.254 e. The van der Waals surface area contributed by atoms with Crippen molar-refractivity contribution in [1.82, 2.24) is 19.8 Å². The van der Waals surface area contributed by atoms with Gasteiger partial charge in [-0.2, -0.15) is 0 Å². The Morgan fingerprint density at radius 1 is 0.875 bits per heavy atom. The molecule has 3 heterocycles. The van der Waals surface area contributed by atoms with E-state index in [9.17, 15) is 9.59 Å². The first-order valence-electron chi connectivity index (χ1n) is 11.3. The van der Waals surface area contributed by atoms with Gasteiger partial charge in [0.05, 0.1) is 12.1 Å². The molecule has 0 N–H and O–H groups in total. The Balaban J connectivity index is 1.21. The van der Waals surface area contributed by atoms with Gasteiger partial charge in [-0.15, -0.1) is 0 Å². The summed E-state index contributed by atoms with van der Waals surface area (Å²) in [5.74, 6) is 1.03. The molecular weight excluding hydrogens is 402 g/mol. The third kappa shape index (κ3) is 4.02. The first-order chi connectivity index (χ1) is 15.7. The topological polar surface area (TPSA) is 69.6 Å². The molecule has 2 aliphatic heterocycles. The summed E-state index contributed by atoms with van der Waals surface area (Å²) in [4.78, 5) is 40.9. The van der Waals surface area contributed by atoms with Gasteiger partial charge < -0.3 is 14.7 Å². The lowest BCUT2D eigenvalue weighted by atomic mass is 9.96. The van der Waals surface area contributed by atoms with Crippen LogP contribution in [0.15, 0.2) is 61.1 Å². The van der Waals surface area contributed by atoms with Crippen molar-refractivity contribution in [2.45, 2.75) is 12.8 Å². The second kappa shape index (κ2) is 8.94. The Morgan fingerprint density at radius 3 is 2.47 bits per heavy atom. The molecule has 2 saturated heterocycles. The van der Waals surface area contributed by atoms with Crippen LogP contribution in [0.1, 0.15) is 23.2 Å². The second-order valence-electron chi connectivity index (χ2n) is 8.49. The largest absolute Gasteiger partial charge is 0.355 e. The molecule has 0 unspecified atom stereocenters. The quantitative estimate of drug-likeness (QED) is 0.640. The van der Waals surface area contributed by atoms with E-state index in [2.05, 4.69) is 14.9 Å². The fourth-order valence-electron chi connectivity index (χ4n) is 4.81. The minimum absolute atomic E-state index is 0.0360. The van der Waals surface area contributed by atoms with Crippen molar-refractivity contribution in [3.63, 3.8) is 0 Å². The first kappa shape index (κ1) is 20.4. The van der Waals surface area contributed by atoms with E-state index in [1.807, 2.05) is 52.3 Å². The summed E-state index contributed by atoms with van der Waals surface area (Å²) < 4.78 is 0. The number of anilines is 1. The highest BCUT2D eigenvalue weighted by atomic mass is 16.2. The van der Waals surface area contributed by atoms with Crippen molar-refractivity contribution in [2.75, 3.05) is 44.2 Å². The van der Waals surface area contributed by atoms with Crippen LogP contribution in [0.2, 0.25) is 0 Å². The number of aromatic nitrogens is 2. The van der Waals surface area contributed by atoms with Crippen molar-refractivity contribution in [1.29, 1.82) is 0 Å². The van der Waals surface area contributed by atoms with Crippen LogP contribution in [-0.2, 0) is 4.79 Å². The molecule has 0 spiro atoms. The maximum absolute atomic E-state index is 13.2. The van der Waals surface area contributed by atoms with Gasteiger partial charge in [-0.1, -0.05) is 36.4 Å². The van der Waals surface area contributed by atoms with E-state index in [0.29, 0.717) is 32.7 Å². The molecule has 5 rings (SSSR count). The predicted octanol–water partition coefficient (Wildman–Crippen LogP) is 2.83. The third-order valence-corrected chi connectivity index (χ3v) is 6.54. The Morgan fingerprint density at radius 2 is 1.66 bits per heavy atom. The van der Waals surface area contributed by atoms with Crippen molar-refractivity contribution in [3.05, 3.63) is 66.6 Å². The van der Waals surface area contributed by atoms with Gasteiger partial charge in [0, 0.05) is 57.2 Å². The Kier molecular flexibility index (Phi) is 5.71. The zero-order valence-electron chi connectivity index (χ0n) is 18.1. The minimum atomic E-state index is -0.0360. The van der Waals surface area contributed by atoms with Gasteiger partial charge in [0.2, 0.25) is 5.91 Å². The summed E-state index contributed by atoms with van der Waals surface area (Å²) in [6, 6.07) is 13.8. The standard InChI is InChI=1S/C25H27N5O2/c31-24(20-7-4-12-30(18-20)23-17-26-10-11-27-23)28-13-15-29(16-14-28)25(32)22-9-3-6-19-5-1-2-8-21(19)22/h1-3,5-6,8-11,17,20H,4,7,12-16,18H2/t20-/m0/s1. The number of hydrogen-bond acceptors (Lipinski definition) is 5. The monoisotopic (exact) mass is 429 g/mol. The molecular formula is C25H27N5O2. The van der Waals surface area contributed by atoms with Gasteiger partial charge in [-0.3, -0.25) is 14.6 Å². The number of carbonyl (C=O) groups excluding carboxylic acids is 2. The fraction of sp³-hybridized carbons (Fsp3) is 0.360. The number of benzene rings is 2. The lowest BCUT2D eigenvalue weighted by molar-refractivity contribution is -0.137. The van der Waals surface area contributed by atoms with Crippen LogP contribution in [-0.4, -0.2) is 70.9 Å². The molecule has 2 aliphatic rings. The highest BCUT2D eigenvalue weighted by molar-refractivity contribution is 6.07. The molecule has 0 aliphatic carbocycles. The van der Waals surface area contributed by atoms with Crippen LogP contribution >= 0.6 is 0 Å². The zero-order chi connectivity index (χ0) is 21.9. The smallest absolute Gasteiger partial charge is 0.254 e. The van der Waals surface area contributed by atoms with E-state index in [0.717, 1.165) is 41.5 Å². The van der Waals surface area contributed by atoms with Crippen LogP contribution in [0.25, 0.3) is 10.8 Å². The predicted molar refractivity (Wildman–Crippen MR) is 123 cm³/mol. The summed E-state index contributed by atoms with van der Waals surface area (Å²) in [6.07, 6.45) is 6.96. The second-order valence-corrected chi connectivity index (χ2v) is 8.49. The van der Waals surface area contributed by atoms with E-state index in [1.165, 1.54) is 0 Å². The molecule has 1 aromatic heterocycles. The highest BCUT2D eigenvalue weighted by Crippen LogP contribution is 2.24. The number of rotatable bonds is 3. The third-order valence-electron chi connectivity index (χ3n) is 6.54. The number of hydrogen-bond donors (Lipinski definition) is 0. The van der Waals surface area contributed by atoms with Gasteiger partial charge >= 0.3 is 0 Å². The van der Waals surface area contributed by atoms with E-state index in [1.54, 1.807) is 18.6 Å². The molecule has 2 aromatic carbocycles. The molecule has 2 amide bonds. The SMILES string of the molecule is O=C(c1cccc2ccccc12)N1CCN(C(=O)[C@H]2CCCN(c3cnccn3)C2)CC1. The van der Waals surface area contributed by atoms with Gasteiger partial charge in [-0.25, -0.2) is 4.98 Å². The van der Waals surface area contributed by atoms with E-state index < -0.39 is 0 Å². The summed E-state index contributed by atoms with van der Waals surface area (Å²) >= 11 is 0. The van der Waals surface area contributed by atoms with Crippen molar-refractivity contribution in [2.24, 2.45) is 5.92 Å². The zero-order valence-corrected chi connectivity index (χ0v) is 18.1. The minimum Gasteiger partial charge on any atom is -0.355 e. The van der Waals surface area contributed by atoms with Crippen LogP contribution in [0.4, 0.5) is 5.82 Å². The lowest BCUT2D eigenvalue weighted by Gasteiger charge is -2.39. The molecule has 0 bridgehead atoms. The lowest BCUT2D eigenvalue weighted by Crippen LogP contribution is -2.53. The number of carbonyl (C=O) groups is 2. The molecule has 7 nitrogen and oxygen atoms in total.